The van der Waals surface area contributed by atoms with E-state index in [1.807, 2.05) is 18.7 Å². The molecule has 3 N–H and O–H groups in total. The van der Waals surface area contributed by atoms with Gasteiger partial charge < -0.3 is 10.6 Å². The summed E-state index contributed by atoms with van der Waals surface area (Å²) in [6.07, 6.45) is 6.88. The highest BCUT2D eigenvalue weighted by molar-refractivity contribution is 14.0. The van der Waals surface area contributed by atoms with E-state index >= 15 is 0 Å². The van der Waals surface area contributed by atoms with E-state index in [-0.39, 0.29) is 24.0 Å². The van der Waals surface area contributed by atoms with Gasteiger partial charge in [-0.3, -0.25) is 4.99 Å². The number of thioether (sulfide) groups is 1. The molecule has 1 fully saturated rings. The van der Waals surface area contributed by atoms with Gasteiger partial charge in [-0.1, -0.05) is 0 Å². The molecule has 2 atom stereocenters. The van der Waals surface area contributed by atoms with E-state index in [4.69, 9.17) is 0 Å². The van der Waals surface area contributed by atoms with Gasteiger partial charge in [-0.15, -0.1) is 24.0 Å². The molecule has 0 bridgehead atoms. The molecule has 1 aliphatic carbocycles. The lowest BCUT2D eigenvalue weighted by molar-refractivity contribution is 0.587. The van der Waals surface area contributed by atoms with Crippen LogP contribution in [0.5, 0.6) is 0 Å². The largest absolute Gasteiger partial charge is 0.357 e. The highest BCUT2D eigenvalue weighted by Gasteiger charge is 2.24. The first-order valence-electron chi connectivity index (χ1n) is 6.97. The fraction of sp³-hybridized carbons (Fsp3) is 0.917. The molecule has 21 heavy (non-hydrogen) atoms. The quantitative estimate of drug-likeness (QED) is 0.233. The van der Waals surface area contributed by atoms with Crippen molar-refractivity contribution in [1.29, 1.82) is 0 Å². The summed E-state index contributed by atoms with van der Waals surface area (Å²) in [5.41, 5.74) is 0. The van der Waals surface area contributed by atoms with Crippen molar-refractivity contribution in [1.82, 2.24) is 15.4 Å². The molecule has 1 aliphatic rings. The Hall–Kier alpha value is 0.260. The molecule has 1 rings (SSSR count). The minimum absolute atomic E-state index is 0. The Morgan fingerprint density at radius 1 is 1.38 bits per heavy atom. The summed E-state index contributed by atoms with van der Waals surface area (Å²) < 4.78 is 24.3. The molecule has 0 aromatic heterocycles. The van der Waals surface area contributed by atoms with Crippen LogP contribution in [-0.4, -0.2) is 57.8 Å². The Morgan fingerprint density at radius 2 is 2.10 bits per heavy atom. The fourth-order valence-electron chi connectivity index (χ4n) is 2.20. The molecule has 126 valence electrons. The summed E-state index contributed by atoms with van der Waals surface area (Å²) in [7, 11) is -3.13. The van der Waals surface area contributed by atoms with E-state index in [9.17, 15) is 8.42 Å². The van der Waals surface area contributed by atoms with Crippen LogP contribution in [-0.2, 0) is 10.0 Å². The van der Waals surface area contributed by atoms with Crippen LogP contribution in [0.3, 0.4) is 0 Å². The number of aliphatic imine (C=N–C) groups is 1. The summed E-state index contributed by atoms with van der Waals surface area (Å²) in [6, 6.07) is 0.466. The molecular weight excluding hydrogens is 423 g/mol. The number of sulfonamides is 1. The Morgan fingerprint density at radius 3 is 2.62 bits per heavy atom. The maximum absolute atomic E-state index is 11.0. The molecular formula is C12H27IN4O2S2. The lowest BCUT2D eigenvalue weighted by Gasteiger charge is -2.17. The summed E-state index contributed by atoms with van der Waals surface area (Å²) >= 11 is 1.92. The number of guanidine groups is 1. The molecule has 0 radical (unpaired) electrons. The second-order valence-corrected chi connectivity index (χ2v) is 7.91. The van der Waals surface area contributed by atoms with Gasteiger partial charge in [0.1, 0.15) is 0 Å². The molecule has 0 amide bonds. The van der Waals surface area contributed by atoms with Gasteiger partial charge in [-0.2, -0.15) is 11.8 Å². The smallest absolute Gasteiger partial charge is 0.208 e. The standard InChI is InChI=1S/C12H26N4O2S2.HI/c1-4-13-12(14-7-8-15-20(3,17)18)16-10-5-6-11(9-10)19-2;/h10-11,15H,4-9H2,1-3H3,(H2,13,14,16);1H. The van der Waals surface area contributed by atoms with Crippen LogP contribution in [0.1, 0.15) is 26.2 Å². The number of rotatable bonds is 7. The van der Waals surface area contributed by atoms with Crippen molar-refractivity contribution in [3.8, 4) is 0 Å². The summed E-state index contributed by atoms with van der Waals surface area (Å²) in [4.78, 5) is 4.39. The van der Waals surface area contributed by atoms with Crippen LogP contribution in [0.25, 0.3) is 0 Å². The van der Waals surface area contributed by atoms with Crippen LogP contribution >= 0.6 is 35.7 Å². The van der Waals surface area contributed by atoms with Crippen molar-refractivity contribution in [2.24, 2.45) is 4.99 Å². The fourth-order valence-corrected chi connectivity index (χ4v) is 3.46. The van der Waals surface area contributed by atoms with Gasteiger partial charge in [0.05, 0.1) is 12.8 Å². The third-order valence-corrected chi connectivity index (χ3v) is 4.97. The van der Waals surface area contributed by atoms with Crippen LogP contribution in [0, 0.1) is 0 Å². The molecule has 6 nitrogen and oxygen atoms in total. The minimum Gasteiger partial charge on any atom is -0.357 e. The first kappa shape index (κ1) is 21.3. The van der Waals surface area contributed by atoms with E-state index in [0.29, 0.717) is 19.1 Å². The zero-order chi connectivity index (χ0) is 15.0. The second-order valence-electron chi connectivity index (χ2n) is 4.94. The van der Waals surface area contributed by atoms with Crippen LogP contribution in [0.4, 0.5) is 0 Å². The predicted molar refractivity (Wildman–Crippen MR) is 102 cm³/mol. The van der Waals surface area contributed by atoms with E-state index in [1.54, 1.807) is 0 Å². The van der Waals surface area contributed by atoms with Crippen molar-refractivity contribution >= 4 is 51.7 Å². The molecule has 0 aromatic rings. The third-order valence-electron chi connectivity index (χ3n) is 3.15. The normalized spacial score (nSPS) is 22.7. The summed E-state index contributed by atoms with van der Waals surface area (Å²) in [5.74, 6) is 0.773. The van der Waals surface area contributed by atoms with Gasteiger partial charge in [0.2, 0.25) is 10.0 Å². The molecule has 9 heteroatoms. The summed E-state index contributed by atoms with van der Waals surface area (Å²) in [6.45, 7) is 3.57. The van der Waals surface area contributed by atoms with Gasteiger partial charge in [-0.25, -0.2) is 13.1 Å². The number of halogens is 1. The summed E-state index contributed by atoms with van der Waals surface area (Å²) in [5, 5.41) is 7.36. The zero-order valence-corrected chi connectivity index (χ0v) is 16.8. The van der Waals surface area contributed by atoms with E-state index in [1.165, 1.54) is 6.42 Å². The Labute approximate surface area is 149 Å². The monoisotopic (exact) mass is 450 g/mol. The van der Waals surface area contributed by atoms with Crippen molar-refractivity contribution in [2.75, 3.05) is 32.1 Å². The maximum Gasteiger partial charge on any atom is 0.208 e. The van der Waals surface area contributed by atoms with E-state index in [2.05, 4.69) is 26.6 Å². The Balaban J connectivity index is 0.00000400. The Kier molecular flexibility index (Phi) is 11.0. The van der Waals surface area contributed by atoms with Crippen molar-refractivity contribution < 1.29 is 8.42 Å². The highest BCUT2D eigenvalue weighted by Crippen LogP contribution is 2.27. The molecule has 0 heterocycles. The first-order valence-corrected chi connectivity index (χ1v) is 10.1. The lowest BCUT2D eigenvalue weighted by Crippen LogP contribution is -2.43. The molecule has 0 spiro atoms. The first-order chi connectivity index (χ1) is 9.44. The van der Waals surface area contributed by atoms with E-state index in [0.717, 1.165) is 36.9 Å². The minimum atomic E-state index is -3.13. The average molecular weight is 450 g/mol. The van der Waals surface area contributed by atoms with Gasteiger partial charge in [0.15, 0.2) is 5.96 Å². The molecule has 1 saturated carbocycles. The van der Waals surface area contributed by atoms with Gasteiger partial charge in [-0.05, 0) is 32.4 Å². The molecule has 0 aromatic carbocycles. The average Bonchev–Trinajstić information content (AvgIpc) is 2.81. The van der Waals surface area contributed by atoms with Gasteiger partial charge in [0.25, 0.3) is 0 Å². The van der Waals surface area contributed by atoms with Crippen LogP contribution in [0.2, 0.25) is 0 Å². The lowest BCUT2D eigenvalue weighted by atomic mass is 10.2. The predicted octanol–water partition coefficient (Wildman–Crippen LogP) is 0.993. The topological polar surface area (TPSA) is 82.6 Å². The van der Waals surface area contributed by atoms with Crippen molar-refractivity contribution in [3.05, 3.63) is 0 Å². The number of hydrogen-bond donors (Lipinski definition) is 3. The SMILES string of the molecule is CCNC(=NCCNS(C)(=O)=O)NC1CCC(SC)C1.I. The van der Waals surface area contributed by atoms with Gasteiger partial charge >= 0.3 is 0 Å². The van der Waals surface area contributed by atoms with Gasteiger partial charge in [0, 0.05) is 24.4 Å². The second kappa shape index (κ2) is 10.9. The zero-order valence-electron chi connectivity index (χ0n) is 12.9. The van der Waals surface area contributed by atoms with Crippen LogP contribution in [0.15, 0.2) is 4.99 Å². The van der Waals surface area contributed by atoms with Crippen LogP contribution < -0.4 is 15.4 Å². The third kappa shape index (κ3) is 9.80. The molecule has 0 aliphatic heterocycles. The highest BCUT2D eigenvalue weighted by atomic mass is 127. The Bertz CT molecular complexity index is 417. The van der Waals surface area contributed by atoms with Crippen molar-refractivity contribution in [2.45, 2.75) is 37.5 Å². The number of hydrogen-bond acceptors (Lipinski definition) is 4. The number of nitrogens with one attached hydrogen (secondary N) is 3. The number of nitrogens with zero attached hydrogens (tertiary/aromatic N) is 1. The molecule has 2 unspecified atom stereocenters. The molecule has 0 saturated heterocycles. The maximum atomic E-state index is 11.0. The van der Waals surface area contributed by atoms with Crippen molar-refractivity contribution in [3.63, 3.8) is 0 Å². The van der Waals surface area contributed by atoms with E-state index < -0.39 is 10.0 Å².